The summed E-state index contributed by atoms with van der Waals surface area (Å²) in [5.41, 5.74) is 8.07. The molecular formula is C42H28BNSSi. The van der Waals surface area contributed by atoms with E-state index in [-0.39, 0.29) is 6.71 Å². The third-order valence-electron chi connectivity index (χ3n) is 10.2. The predicted octanol–water partition coefficient (Wildman–Crippen LogP) is 5.46. The van der Waals surface area contributed by atoms with Gasteiger partial charge in [0.25, 0.3) is 0 Å². The highest BCUT2D eigenvalue weighted by Crippen LogP contribution is 2.36. The molecule has 0 atom stereocenters. The second kappa shape index (κ2) is 9.99. The van der Waals surface area contributed by atoms with E-state index in [9.17, 15) is 0 Å². The molecule has 3 heterocycles. The predicted molar refractivity (Wildman–Crippen MR) is 200 cm³/mol. The zero-order valence-electron chi connectivity index (χ0n) is 25.1. The Kier molecular flexibility index (Phi) is 5.69. The highest BCUT2D eigenvalue weighted by Gasteiger charge is 2.51. The van der Waals surface area contributed by atoms with E-state index >= 15 is 0 Å². The zero-order chi connectivity index (χ0) is 30.2. The number of para-hydroxylation sites is 2. The molecule has 0 saturated carbocycles. The number of aromatic nitrogens is 1. The van der Waals surface area contributed by atoms with Crippen molar-refractivity contribution in [3.8, 4) is 5.69 Å². The molecule has 46 heavy (non-hydrogen) atoms. The topological polar surface area (TPSA) is 4.93 Å². The van der Waals surface area contributed by atoms with Gasteiger partial charge < -0.3 is 4.57 Å². The van der Waals surface area contributed by atoms with E-state index in [1.807, 2.05) is 11.8 Å². The molecule has 10 rings (SSSR count). The Balaban J connectivity index is 1.24. The Morgan fingerprint density at radius 2 is 1.04 bits per heavy atom. The molecule has 0 aliphatic carbocycles. The van der Waals surface area contributed by atoms with Crippen LogP contribution in [0.25, 0.3) is 27.5 Å². The largest absolute Gasteiger partial charge is 0.309 e. The van der Waals surface area contributed by atoms with Crippen molar-refractivity contribution in [1.82, 2.24) is 4.57 Å². The van der Waals surface area contributed by atoms with E-state index in [1.54, 1.807) is 0 Å². The van der Waals surface area contributed by atoms with Crippen LogP contribution in [0, 0.1) is 0 Å². The summed E-state index contributed by atoms with van der Waals surface area (Å²) in [6.07, 6.45) is 0. The van der Waals surface area contributed by atoms with Crippen LogP contribution < -0.4 is 37.1 Å². The van der Waals surface area contributed by atoms with Crippen LogP contribution in [0.2, 0.25) is 0 Å². The van der Waals surface area contributed by atoms with Crippen molar-refractivity contribution in [2.24, 2.45) is 0 Å². The summed E-state index contributed by atoms with van der Waals surface area (Å²) in [4.78, 5) is 2.73. The van der Waals surface area contributed by atoms with Gasteiger partial charge in [-0.25, -0.2) is 0 Å². The lowest BCUT2D eigenvalue weighted by atomic mass is 9.36. The van der Waals surface area contributed by atoms with Gasteiger partial charge in [0.15, 0.2) is 8.07 Å². The maximum absolute atomic E-state index is 2.59. The van der Waals surface area contributed by atoms with Crippen molar-refractivity contribution >= 4 is 85.5 Å². The van der Waals surface area contributed by atoms with Crippen LogP contribution in [0.3, 0.4) is 0 Å². The SMILES string of the molecule is c1ccc([Si]2(c3ccccc3)c3ccccc3B3c4ccc(-n5c6ccccc6c6ccccc65)cc4Sc4cccc2c43)cc1. The molecule has 0 radical (unpaired) electrons. The number of nitrogens with zero attached hydrogens (tertiary/aromatic N) is 1. The molecule has 2 aliphatic heterocycles. The number of hydrogen-bond acceptors (Lipinski definition) is 1. The van der Waals surface area contributed by atoms with Crippen LogP contribution >= 0.6 is 11.8 Å². The first kappa shape index (κ1) is 26.2. The van der Waals surface area contributed by atoms with E-state index in [0.717, 1.165) is 0 Å². The van der Waals surface area contributed by atoms with Crippen molar-refractivity contribution in [2.75, 3.05) is 0 Å². The van der Waals surface area contributed by atoms with Crippen molar-refractivity contribution in [2.45, 2.75) is 9.79 Å². The Bertz CT molecular complexity index is 2380. The minimum absolute atomic E-state index is 0.193. The molecule has 0 unspecified atom stereocenters. The fourth-order valence-corrected chi connectivity index (χ4v) is 15.0. The van der Waals surface area contributed by atoms with Crippen LogP contribution in [0.15, 0.2) is 180 Å². The highest BCUT2D eigenvalue weighted by atomic mass is 32.2. The molecule has 0 spiro atoms. The smallest absolute Gasteiger partial charge is 0.243 e. The molecule has 0 N–H and O–H groups in total. The van der Waals surface area contributed by atoms with Gasteiger partial charge in [0.2, 0.25) is 6.71 Å². The first-order valence-corrected chi connectivity index (χ1v) is 18.8. The summed E-state index contributed by atoms with van der Waals surface area (Å²) in [5, 5.41) is 8.50. The van der Waals surface area contributed by atoms with Gasteiger partial charge in [-0.05, 0) is 51.1 Å². The number of benzene rings is 7. The standard InChI is InChI=1S/C42H28BNSSi/c1-3-14-30(15-4-1)46(31-16-5-2-6-17-31)40-24-12-9-20-35(40)43-34-27-26-29(28-39(34)45-38-23-13-25-41(46)42(38)43)44-36-21-10-7-18-32(36)33-19-8-11-22-37(33)44/h1-28H. The van der Waals surface area contributed by atoms with Gasteiger partial charge in [-0.1, -0.05) is 168 Å². The molecule has 8 aromatic rings. The lowest BCUT2D eigenvalue weighted by Gasteiger charge is -2.44. The quantitative estimate of drug-likeness (QED) is 0.239. The monoisotopic (exact) mass is 617 g/mol. The molecule has 4 heteroatoms. The fraction of sp³-hybridized carbons (Fsp3) is 0. The third kappa shape index (κ3) is 3.49. The molecule has 0 saturated heterocycles. The fourth-order valence-electron chi connectivity index (χ4n) is 8.44. The average Bonchev–Trinajstić information content (AvgIpc) is 3.46. The van der Waals surface area contributed by atoms with E-state index in [4.69, 9.17) is 0 Å². The molecule has 0 fully saturated rings. The van der Waals surface area contributed by atoms with Crippen molar-refractivity contribution in [3.63, 3.8) is 0 Å². The van der Waals surface area contributed by atoms with Gasteiger partial charge >= 0.3 is 0 Å². The molecule has 1 aromatic heterocycles. The Hall–Kier alpha value is -5.03. The van der Waals surface area contributed by atoms with Gasteiger partial charge in [-0.15, -0.1) is 0 Å². The van der Waals surface area contributed by atoms with Crippen LogP contribution in [0.5, 0.6) is 0 Å². The van der Waals surface area contributed by atoms with E-state index in [1.165, 1.54) is 74.4 Å². The molecular weight excluding hydrogens is 589 g/mol. The second-order valence-electron chi connectivity index (χ2n) is 12.4. The summed E-state index contributed by atoms with van der Waals surface area (Å²) in [6.45, 7) is 0.193. The van der Waals surface area contributed by atoms with Gasteiger partial charge in [0.05, 0.1) is 11.0 Å². The van der Waals surface area contributed by atoms with Gasteiger partial charge in [0, 0.05) is 26.3 Å². The Labute approximate surface area is 274 Å². The average molecular weight is 618 g/mol. The summed E-state index contributed by atoms with van der Waals surface area (Å²) in [5.74, 6) is 0. The molecule has 0 bridgehead atoms. The van der Waals surface area contributed by atoms with Crippen LogP contribution in [0.4, 0.5) is 0 Å². The van der Waals surface area contributed by atoms with E-state index in [0.29, 0.717) is 0 Å². The lowest BCUT2D eigenvalue weighted by molar-refractivity contribution is 1.17. The summed E-state index contributed by atoms with van der Waals surface area (Å²) >= 11 is 1.95. The van der Waals surface area contributed by atoms with Crippen molar-refractivity contribution in [3.05, 3.63) is 170 Å². The first-order chi connectivity index (χ1) is 22.8. The Morgan fingerprint density at radius 3 is 1.74 bits per heavy atom. The zero-order valence-corrected chi connectivity index (χ0v) is 26.9. The molecule has 214 valence electrons. The number of rotatable bonds is 3. The molecule has 0 amide bonds. The summed E-state index contributed by atoms with van der Waals surface area (Å²) in [7, 11) is -2.59. The van der Waals surface area contributed by atoms with Crippen LogP contribution in [-0.2, 0) is 0 Å². The summed E-state index contributed by atoms with van der Waals surface area (Å²) in [6, 6.07) is 63.9. The highest BCUT2D eigenvalue weighted by molar-refractivity contribution is 8.00. The van der Waals surface area contributed by atoms with Crippen molar-refractivity contribution in [1.29, 1.82) is 0 Å². The van der Waals surface area contributed by atoms with E-state index < -0.39 is 8.07 Å². The normalized spacial score (nSPS) is 14.1. The maximum Gasteiger partial charge on any atom is 0.243 e. The number of hydrogen-bond donors (Lipinski definition) is 0. The maximum atomic E-state index is 2.45. The minimum Gasteiger partial charge on any atom is -0.309 e. The second-order valence-corrected chi connectivity index (χ2v) is 17.2. The van der Waals surface area contributed by atoms with Crippen LogP contribution in [-0.4, -0.2) is 19.4 Å². The molecule has 2 aliphatic rings. The van der Waals surface area contributed by atoms with Crippen molar-refractivity contribution < 1.29 is 0 Å². The molecule has 1 nitrogen and oxygen atoms in total. The van der Waals surface area contributed by atoms with Gasteiger partial charge in [0.1, 0.15) is 0 Å². The van der Waals surface area contributed by atoms with E-state index in [2.05, 4.69) is 174 Å². The van der Waals surface area contributed by atoms with Gasteiger partial charge in [-0.3, -0.25) is 0 Å². The third-order valence-corrected chi connectivity index (χ3v) is 16.3. The van der Waals surface area contributed by atoms with Gasteiger partial charge in [-0.2, -0.15) is 0 Å². The Morgan fingerprint density at radius 1 is 0.457 bits per heavy atom. The van der Waals surface area contributed by atoms with Crippen LogP contribution in [0.1, 0.15) is 0 Å². The molecule has 7 aromatic carbocycles. The summed E-state index contributed by atoms with van der Waals surface area (Å²) < 4.78 is 2.44. The lowest BCUT2D eigenvalue weighted by Crippen LogP contribution is -2.87. The first-order valence-electron chi connectivity index (χ1n) is 16.0. The minimum atomic E-state index is -2.59. The number of fused-ring (bicyclic) bond motifs is 7.